The summed E-state index contributed by atoms with van der Waals surface area (Å²) in [5.41, 5.74) is 7.27. The van der Waals surface area contributed by atoms with Crippen LogP contribution in [0.1, 0.15) is 36.8 Å². The van der Waals surface area contributed by atoms with Gasteiger partial charge in [-0.1, -0.05) is 12.6 Å². The molecule has 3 aliphatic heterocycles. The van der Waals surface area contributed by atoms with Crippen LogP contribution in [0.3, 0.4) is 0 Å². The maximum Gasteiger partial charge on any atom is 0.320 e. The molecule has 11 nitrogen and oxygen atoms in total. The molecule has 3 fully saturated rings. The standard InChI is InChI=1S/C35H35F2N7O4S/c1-3-29(45)44-10-7-28(27(44)17-46-2)48-33-23-11-19(14-38)22(21-5-6-25(37)31-30(21)24(15-39)32(40)49-31)12-26(23)41-34(42-33)47-18-35-8-4-9-43(35)16-20(36)13-35/h3,5-6,11-12,20,27-29,45H,1,4,7-10,13,16-18,40H2,2H3/t20-,27+,28-,29?,35+/m1/s1. The molecule has 0 aliphatic carbocycles. The summed E-state index contributed by atoms with van der Waals surface area (Å²) in [6.45, 7) is 5.86. The van der Waals surface area contributed by atoms with Crippen LogP contribution in [0, 0.1) is 28.5 Å². The van der Waals surface area contributed by atoms with Gasteiger partial charge in [0.25, 0.3) is 0 Å². The van der Waals surface area contributed by atoms with E-state index in [0.717, 1.165) is 30.7 Å². The number of alkyl halides is 1. The maximum absolute atomic E-state index is 14.9. The highest BCUT2D eigenvalue weighted by molar-refractivity contribution is 7.23. The van der Waals surface area contributed by atoms with E-state index in [1.807, 2.05) is 4.90 Å². The number of thiophene rings is 1. The number of nitriles is 2. The van der Waals surface area contributed by atoms with Crippen LogP contribution in [0.15, 0.2) is 36.9 Å². The highest BCUT2D eigenvalue weighted by atomic mass is 32.1. The summed E-state index contributed by atoms with van der Waals surface area (Å²) in [6, 6.07) is 10.1. The van der Waals surface area contributed by atoms with Gasteiger partial charge in [0, 0.05) is 37.6 Å². The molecule has 14 heteroatoms. The average Bonchev–Trinajstić information content (AvgIpc) is 3.84. The van der Waals surface area contributed by atoms with Crippen LogP contribution in [0.4, 0.5) is 13.8 Å². The number of methoxy groups -OCH3 is 1. The van der Waals surface area contributed by atoms with Crippen LogP contribution in [0.5, 0.6) is 11.9 Å². The Kier molecular flexibility index (Phi) is 8.85. The van der Waals surface area contributed by atoms with Gasteiger partial charge in [0.1, 0.15) is 42.0 Å². The largest absolute Gasteiger partial charge is 0.472 e. The number of halogens is 2. The third kappa shape index (κ3) is 5.73. The number of hydrogen-bond donors (Lipinski definition) is 2. The molecule has 49 heavy (non-hydrogen) atoms. The highest BCUT2D eigenvalue weighted by Gasteiger charge is 2.49. The van der Waals surface area contributed by atoms with Gasteiger partial charge in [-0.2, -0.15) is 20.5 Å². The van der Waals surface area contributed by atoms with Crippen molar-refractivity contribution in [2.24, 2.45) is 0 Å². The minimum atomic E-state index is -0.932. The monoisotopic (exact) mass is 687 g/mol. The van der Waals surface area contributed by atoms with Gasteiger partial charge < -0.3 is 25.1 Å². The summed E-state index contributed by atoms with van der Waals surface area (Å²) in [6.07, 6.45) is 1.81. The van der Waals surface area contributed by atoms with Crippen LogP contribution >= 0.6 is 11.3 Å². The van der Waals surface area contributed by atoms with Crippen LogP contribution in [0.2, 0.25) is 0 Å². The van der Waals surface area contributed by atoms with E-state index in [1.54, 1.807) is 19.2 Å². The van der Waals surface area contributed by atoms with E-state index in [-0.39, 0.29) is 52.0 Å². The van der Waals surface area contributed by atoms with Crippen molar-refractivity contribution in [1.82, 2.24) is 19.8 Å². The van der Waals surface area contributed by atoms with Crippen LogP contribution in [0.25, 0.3) is 32.1 Å². The molecule has 3 saturated heterocycles. The molecule has 0 bridgehead atoms. The Hall–Kier alpha value is -4.44. The summed E-state index contributed by atoms with van der Waals surface area (Å²) in [7, 11) is 1.57. The summed E-state index contributed by atoms with van der Waals surface area (Å²) < 4.78 is 48.0. The quantitative estimate of drug-likeness (QED) is 0.219. The number of aliphatic hydroxyl groups excluding tert-OH is 1. The number of anilines is 1. The van der Waals surface area contributed by atoms with Crippen molar-refractivity contribution in [3.8, 4) is 35.2 Å². The van der Waals surface area contributed by atoms with Gasteiger partial charge in [-0.3, -0.25) is 9.80 Å². The van der Waals surface area contributed by atoms with E-state index in [0.29, 0.717) is 53.3 Å². The molecule has 2 aromatic heterocycles. The van der Waals surface area contributed by atoms with Gasteiger partial charge in [0.05, 0.1) is 51.0 Å². The zero-order valence-electron chi connectivity index (χ0n) is 26.9. The van der Waals surface area contributed by atoms with E-state index in [2.05, 4.69) is 28.6 Å². The summed E-state index contributed by atoms with van der Waals surface area (Å²) in [5, 5.41) is 31.8. The molecule has 4 aromatic rings. The molecule has 3 aliphatic rings. The number of benzene rings is 2. The van der Waals surface area contributed by atoms with Gasteiger partial charge in [-0.05, 0) is 55.6 Å². The first kappa shape index (κ1) is 33.1. The van der Waals surface area contributed by atoms with Gasteiger partial charge >= 0.3 is 6.01 Å². The first-order chi connectivity index (χ1) is 23.7. The van der Waals surface area contributed by atoms with Crippen LogP contribution in [-0.4, -0.2) is 94.9 Å². The molecule has 7 rings (SSSR count). The van der Waals surface area contributed by atoms with Crippen molar-refractivity contribution < 1.29 is 28.1 Å². The Bertz CT molecular complexity index is 2030. The second-order valence-corrected chi connectivity index (χ2v) is 13.9. The van der Waals surface area contributed by atoms with Crippen molar-refractivity contribution in [1.29, 1.82) is 10.5 Å². The Balaban J connectivity index is 1.35. The molecule has 5 heterocycles. The van der Waals surface area contributed by atoms with Gasteiger partial charge in [-0.15, -0.1) is 11.3 Å². The topological polar surface area (TPSA) is 154 Å². The zero-order chi connectivity index (χ0) is 34.4. The molecule has 0 radical (unpaired) electrons. The molecular formula is C35H35F2N7O4S. The van der Waals surface area contributed by atoms with E-state index in [9.17, 15) is 24.4 Å². The lowest BCUT2D eigenvalue weighted by atomic mass is 9.94. The fraction of sp³-hybridized carbons (Fsp3) is 0.429. The number of aromatic nitrogens is 2. The SMILES string of the molecule is C=CC(O)N1CC[C@@H](Oc2nc(OC[C@@]34CCCN3C[C@H](F)C4)nc3cc(-c4ccc(F)c5sc(N)c(C#N)c45)c(C#N)cc23)[C@@H]1COC. The van der Waals surface area contributed by atoms with Gasteiger partial charge in [0.15, 0.2) is 0 Å². The number of hydrogen-bond acceptors (Lipinski definition) is 12. The van der Waals surface area contributed by atoms with Crippen LogP contribution in [-0.2, 0) is 4.74 Å². The Morgan fingerprint density at radius 1 is 1.24 bits per heavy atom. The molecule has 0 saturated carbocycles. The highest BCUT2D eigenvalue weighted by Crippen LogP contribution is 2.44. The third-order valence-corrected chi connectivity index (χ3v) is 11.1. The number of rotatable bonds is 10. The molecular weight excluding hydrogens is 652 g/mol. The Labute approximate surface area is 285 Å². The first-order valence-electron chi connectivity index (χ1n) is 16.1. The first-order valence-corrected chi connectivity index (χ1v) is 16.9. The van der Waals surface area contributed by atoms with Crippen molar-refractivity contribution in [3.63, 3.8) is 0 Å². The predicted octanol–water partition coefficient (Wildman–Crippen LogP) is 4.90. The molecule has 3 N–H and O–H groups in total. The second kappa shape index (κ2) is 13.1. The minimum Gasteiger partial charge on any atom is -0.472 e. The lowest BCUT2D eigenvalue weighted by Gasteiger charge is -2.31. The summed E-state index contributed by atoms with van der Waals surface area (Å²) >= 11 is 0.975. The summed E-state index contributed by atoms with van der Waals surface area (Å²) in [5.74, 6) is -0.355. The van der Waals surface area contributed by atoms with E-state index < -0.39 is 29.9 Å². The fourth-order valence-corrected chi connectivity index (χ4v) is 8.69. The van der Waals surface area contributed by atoms with Crippen molar-refractivity contribution >= 4 is 37.3 Å². The Morgan fingerprint density at radius 3 is 2.84 bits per heavy atom. The number of nitrogens with zero attached hydrogens (tertiary/aromatic N) is 6. The number of ether oxygens (including phenoxy) is 3. The molecule has 0 spiro atoms. The van der Waals surface area contributed by atoms with E-state index >= 15 is 0 Å². The lowest BCUT2D eigenvalue weighted by molar-refractivity contribution is -0.0155. The van der Waals surface area contributed by atoms with E-state index in [4.69, 9.17) is 24.9 Å². The number of likely N-dealkylation sites (tertiary alicyclic amines) is 1. The molecule has 254 valence electrons. The third-order valence-electron chi connectivity index (χ3n) is 10.0. The lowest BCUT2D eigenvalue weighted by Crippen LogP contribution is -2.45. The maximum atomic E-state index is 14.9. The smallest absolute Gasteiger partial charge is 0.320 e. The molecule has 1 unspecified atom stereocenters. The normalized spacial score (nSPS) is 24.6. The number of nitrogen functional groups attached to an aromatic ring is 1. The average molecular weight is 688 g/mol. The van der Waals surface area contributed by atoms with Crippen LogP contribution < -0.4 is 15.2 Å². The van der Waals surface area contributed by atoms with E-state index in [1.165, 1.54) is 18.2 Å². The fourth-order valence-electron chi connectivity index (χ4n) is 7.74. The van der Waals surface area contributed by atoms with Gasteiger partial charge in [0.2, 0.25) is 5.88 Å². The summed E-state index contributed by atoms with van der Waals surface area (Å²) in [4.78, 5) is 13.4. The molecule has 5 atom stereocenters. The molecule has 2 aromatic carbocycles. The molecule has 0 amide bonds. The second-order valence-electron chi connectivity index (χ2n) is 12.8. The van der Waals surface area contributed by atoms with Crippen molar-refractivity contribution in [3.05, 3.63) is 53.9 Å². The Morgan fingerprint density at radius 2 is 2.08 bits per heavy atom. The predicted molar refractivity (Wildman–Crippen MR) is 180 cm³/mol. The number of aliphatic hydroxyl groups is 1. The minimum absolute atomic E-state index is 0.0210. The van der Waals surface area contributed by atoms with Gasteiger partial charge in [-0.25, -0.2) is 8.78 Å². The zero-order valence-corrected chi connectivity index (χ0v) is 27.7. The van der Waals surface area contributed by atoms with Crippen molar-refractivity contribution in [2.75, 3.05) is 45.7 Å². The number of nitrogens with two attached hydrogens (primary N) is 1. The number of fused-ring (bicyclic) bond motifs is 3. The van der Waals surface area contributed by atoms with Crippen molar-refractivity contribution in [2.45, 2.75) is 55.8 Å².